The highest BCUT2D eigenvalue weighted by Crippen LogP contribution is 2.50. The predicted octanol–water partition coefficient (Wildman–Crippen LogP) is 3.69. The molecule has 1 saturated carbocycles. The number of H-pyrrole nitrogens is 1. The molecule has 1 heterocycles. The van der Waals surface area contributed by atoms with Crippen LogP contribution in [0.25, 0.3) is 11.0 Å². The Kier molecular flexibility index (Phi) is 3.42. The van der Waals surface area contributed by atoms with Gasteiger partial charge in [-0.05, 0) is 38.2 Å². The maximum absolute atomic E-state index is 12.8. The summed E-state index contributed by atoms with van der Waals surface area (Å²) in [6.07, 6.45) is 0.583. The van der Waals surface area contributed by atoms with Crippen LogP contribution in [0, 0.1) is 5.92 Å². The summed E-state index contributed by atoms with van der Waals surface area (Å²) >= 11 is 5.92. The highest BCUT2D eigenvalue weighted by Gasteiger charge is 2.55. The Labute approximate surface area is 120 Å². The Morgan fingerprint density at radius 3 is 2.95 bits per heavy atom. The topological polar surface area (TPSA) is 31.9 Å². The first kappa shape index (κ1) is 13.8. The van der Waals surface area contributed by atoms with Crippen LogP contribution >= 0.6 is 11.6 Å². The van der Waals surface area contributed by atoms with E-state index in [0.717, 1.165) is 16.9 Å². The zero-order chi connectivity index (χ0) is 14.3. The molecular weight excluding hydrogens is 284 g/mol. The van der Waals surface area contributed by atoms with Gasteiger partial charge in [0.2, 0.25) is 0 Å². The minimum atomic E-state index is -2.42. The van der Waals surface area contributed by atoms with Gasteiger partial charge >= 0.3 is 0 Å². The molecule has 1 aliphatic rings. The number of aromatic amines is 1. The summed E-state index contributed by atoms with van der Waals surface area (Å²) in [6, 6.07) is 5.49. The molecule has 1 N–H and O–H groups in total. The molecule has 2 aromatic rings. The molecule has 0 bridgehead atoms. The van der Waals surface area contributed by atoms with Crippen LogP contribution in [-0.4, -0.2) is 34.4 Å². The Hall–Kier alpha value is -1.20. The highest BCUT2D eigenvalue weighted by molar-refractivity contribution is 6.31. The molecule has 20 heavy (non-hydrogen) atoms. The second kappa shape index (κ2) is 4.97. The van der Waals surface area contributed by atoms with Gasteiger partial charge in [0, 0.05) is 17.4 Å². The van der Waals surface area contributed by atoms with Crippen LogP contribution in [0.2, 0.25) is 5.02 Å². The third-order valence-corrected chi connectivity index (χ3v) is 3.96. The van der Waals surface area contributed by atoms with Crippen molar-refractivity contribution in [3.63, 3.8) is 0 Å². The van der Waals surface area contributed by atoms with Crippen LogP contribution in [0.1, 0.15) is 18.7 Å². The lowest BCUT2D eigenvalue weighted by Crippen LogP contribution is -2.20. The minimum absolute atomic E-state index is 0.0456. The number of aromatic nitrogens is 2. The van der Waals surface area contributed by atoms with E-state index in [2.05, 4.69) is 9.97 Å². The fraction of sp³-hybridized carbons (Fsp3) is 0.500. The second-order valence-electron chi connectivity index (χ2n) is 5.53. The molecule has 0 aliphatic heterocycles. The van der Waals surface area contributed by atoms with E-state index >= 15 is 0 Å². The van der Waals surface area contributed by atoms with E-state index in [1.54, 1.807) is 6.07 Å². The molecule has 0 radical (unpaired) electrons. The normalized spacial score (nSPS) is 20.8. The zero-order valence-corrected chi connectivity index (χ0v) is 11.9. The number of fused-ring (bicyclic) bond motifs is 1. The number of benzene rings is 1. The third-order valence-electron chi connectivity index (χ3n) is 3.73. The minimum Gasteiger partial charge on any atom is -0.341 e. The molecule has 6 heteroatoms. The molecule has 1 atom stereocenters. The fourth-order valence-corrected chi connectivity index (χ4v) is 2.58. The molecule has 1 aliphatic carbocycles. The van der Waals surface area contributed by atoms with Crippen LogP contribution in [0.5, 0.6) is 0 Å². The standard InChI is InChI=1S/C14H16ClF2N3/c1-20(5-4-9-7-14(9,16)17)8-13-18-11-3-2-10(15)6-12(11)19-13/h2-3,6,9H,4-5,7-8H2,1H3,(H,18,19). The lowest BCUT2D eigenvalue weighted by atomic mass is 10.3. The van der Waals surface area contributed by atoms with Gasteiger partial charge in [-0.25, -0.2) is 13.8 Å². The third kappa shape index (κ3) is 2.94. The van der Waals surface area contributed by atoms with Gasteiger partial charge in [-0.15, -0.1) is 0 Å². The molecule has 0 saturated heterocycles. The SMILES string of the molecule is CN(CCC1CC1(F)F)Cc1nc2ccc(Cl)cc2[nH]1. The van der Waals surface area contributed by atoms with Gasteiger partial charge < -0.3 is 4.98 Å². The van der Waals surface area contributed by atoms with Crippen molar-refractivity contribution in [2.45, 2.75) is 25.3 Å². The predicted molar refractivity (Wildman–Crippen MR) is 75.1 cm³/mol. The summed E-state index contributed by atoms with van der Waals surface area (Å²) in [5, 5.41) is 0.664. The summed E-state index contributed by atoms with van der Waals surface area (Å²) in [6.45, 7) is 1.27. The van der Waals surface area contributed by atoms with E-state index in [4.69, 9.17) is 11.6 Å². The van der Waals surface area contributed by atoms with Crippen molar-refractivity contribution in [2.24, 2.45) is 5.92 Å². The van der Waals surface area contributed by atoms with Gasteiger partial charge in [0.25, 0.3) is 5.92 Å². The van der Waals surface area contributed by atoms with E-state index in [1.807, 2.05) is 24.1 Å². The van der Waals surface area contributed by atoms with Gasteiger partial charge in [-0.2, -0.15) is 0 Å². The fourth-order valence-electron chi connectivity index (χ4n) is 2.40. The molecule has 0 amide bonds. The van der Waals surface area contributed by atoms with Crippen LogP contribution in [0.4, 0.5) is 8.78 Å². The first-order valence-electron chi connectivity index (χ1n) is 6.64. The van der Waals surface area contributed by atoms with E-state index in [1.165, 1.54) is 0 Å². The summed E-state index contributed by atoms with van der Waals surface area (Å²) < 4.78 is 25.6. The Morgan fingerprint density at radius 2 is 2.25 bits per heavy atom. The summed E-state index contributed by atoms with van der Waals surface area (Å²) in [5.74, 6) is -2.02. The average molecular weight is 300 g/mol. The monoisotopic (exact) mass is 299 g/mol. The van der Waals surface area contributed by atoms with Crippen LogP contribution < -0.4 is 0 Å². The van der Waals surface area contributed by atoms with Crippen LogP contribution in [-0.2, 0) is 6.54 Å². The Balaban J connectivity index is 1.58. The van der Waals surface area contributed by atoms with Crippen molar-refractivity contribution >= 4 is 22.6 Å². The molecule has 1 aromatic heterocycles. The van der Waals surface area contributed by atoms with Crippen molar-refractivity contribution in [3.8, 4) is 0 Å². The number of nitrogens with zero attached hydrogens (tertiary/aromatic N) is 2. The van der Waals surface area contributed by atoms with E-state index in [-0.39, 0.29) is 6.42 Å². The van der Waals surface area contributed by atoms with Crippen molar-refractivity contribution in [2.75, 3.05) is 13.6 Å². The van der Waals surface area contributed by atoms with Crippen molar-refractivity contribution in [1.82, 2.24) is 14.9 Å². The van der Waals surface area contributed by atoms with E-state index < -0.39 is 11.8 Å². The number of alkyl halides is 2. The zero-order valence-electron chi connectivity index (χ0n) is 11.2. The number of hydrogen-bond acceptors (Lipinski definition) is 2. The van der Waals surface area contributed by atoms with Crippen LogP contribution in [0.15, 0.2) is 18.2 Å². The number of nitrogens with one attached hydrogen (secondary N) is 1. The highest BCUT2D eigenvalue weighted by atomic mass is 35.5. The summed E-state index contributed by atoms with van der Waals surface area (Å²) in [4.78, 5) is 9.67. The first-order chi connectivity index (χ1) is 9.44. The Morgan fingerprint density at radius 1 is 1.50 bits per heavy atom. The quantitative estimate of drug-likeness (QED) is 0.913. The molecule has 108 valence electrons. The number of hydrogen-bond donors (Lipinski definition) is 1. The molecule has 3 rings (SSSR count). The summed E-state index contributed by atoms with van der Waals surface area (Å²) in [5.41, 5.74) is 1.76. The summed E-state index contributed by atoms with van der Waals surface area (Å²) in [7, 11) is 1.92. The lowest BCUT2D eigenvalue weighted by molar-refractivity contribution is 0.0943. The number of rotatable bonds is 5. The van der Waals surface area contributed by atoms with Gasteiger partial charge in [0.05, 0.1) is 17.6 Å². The molecular formula is C14H16ClF2N3. The average Bonchev–Trinajstić information content (AvgIpc) is 2.79. The number of halogens is 3. The van der Waals surface area contributed by atoms with Gasteiger partial charge in [-0.3, -0.25) is 4.90 Å². The largest absolute Gasteiger partial charge is 0.341 e. The van der Waals surface area contributed by atoms with Gasteiger partial charge in [0.15, 0.2) is 0 Å². The van der Waals surface area contributed by atoms with Crippen LogP contribution in [0.3, 0.4) is 0 Å². The smallest absolute Gasteiger partial charge is 0.251 e. The lowest BCUT2D eigenvalue weighted by Gasteiger charge is -2.14. The van der Waals surface area contributed by atoms with Gasteiger partial charge in [0.1, 0.15) is 5.82 Å². The molecule has 0 spiro atoms. The van der Waals surface area contributed by atoms with Crippen molar-refractivity contribution < 1.29 is 8.78 Å². The molecule has 1 unspecified atom stereocenters. The van der Waals surface area contributed by atoms with E-state index in [0.29, 0.717) is 24.5 Å². The number of imidazole rings is 1. The first-order valence-corrected chi connectivity index (χ1v) is 7.02. The molecule has 1 fully saturated rings. The van der Waals surface area contributed by atoms with Crippen molar-refractivity contribution in [1.29, 1.82) is 0 Å². The second-order valence-corrected chi connectivity index (χ2v) is 5.97. The molecule has 3 nitrogen and oxygen atoms in total. The maximum atomic E-state index is 12.8. The Bertz CT molecular complexity index is 626. The maximum Gasteiger partial charge on any atom is 0.251 e. The molecule has 1 aromatic carbocycles. The van der Waals surface area contributed by atoms with E-state index in [9.17, 15) is 8.78 Å². The van der Waals surface area contributed by atoms with Crippen molar-refractivity contribution in [3.05, 3.63) is 29.0 Å². The van der Waals surface area contributed by atoms with Gasteiger partial charge in [-0.1, -0.05) is 11.6 Å².